The van der Waals surface area contributed by atoms with E-state index in [1.807, 2.05) is 0 Å². The molecule has 23 heavy (non-hydrogen) atoms. The molecule has 10 heteroatoms. The summed E-state index contributed by atoms with van der Waals surface area (Å²) in [4.78, 5) is 32.0. The molecule has 0 atom stereocenters. The van der Waals surface area contributed by atoms with Crippen LogP contribution < -0.4 is 4.74 Å². The van der Waals surface area contributed by atoms with Gasteiger partial charge in [-0.2, -0.15) is 0 Å². The lowest BCUT2D eigenvalue weighted by Gasteiger charge is -2.07. The van der Waals surface area contributed by atoms with E-state index >= 15 is 0 Å². The van der Waals surface area contributed by atoms with Crippen molar-refractivity contribution in [3.05, 3.63) is 72.2 Å². The van der Waals surface area contributed by atoms with Crippen molar-refractivity contribution in [2.24, 2.45) is 0 Å². The van der Waals surface area contributed by atoms with Gasteiger partial charge in [-0.3, -0.25) is 20.2 Å². The van der Waals surface area contributed by atoms with Gasteiger partial charge in [0.1, 0.15) is 5.56 Å². The normalized spacial score (nSPS) is 10.2. The maximum atomic E-state index is 12.1. The van der Waals surface area contributed by atoms with Crippen LogP contribution in [0.3, 0.4) is 0 Å². The minimum Gasteiger partial charge on any atom is -0.421 e. The van der Waals surface area contributed by atoms with E-state index in [1.165, 1.54) is 18.2 Å². The third kappa shape index (κ3) is 3.74. The molecule has 0 amide bonds. The number of non-ortho nitro benzene ring substituents is 1. The summed E-state index contributed by atoms with van der Waals surface area (Å²) in [5.41, 5.74) is -1.71. The van der Waals surface area contributed by atoms with Crippen molar-refractivity contribution in [3.8, 4) is 5.75 Å². The lowest BCUT2D eigenvalue weighted by molar-refractivity contribution is -0.394. The number of carbonyl (C=O) groups is 1. The van der Waals surface area contributed by atoms with E-state index in [1.54, 1.807) is 0 Å². The Bertz CT molecular complexity index is 824. The second kappa shape index (κ2) is 6.59. The Hall–Kier alpha value is -2.71. The van der Waals surface area contributed by atoms with Gasteiger partial charge in [-0.25, -0.2) is 4.79 Å². The Balaban J connectivity index is 2.41. The van der Waals surface area contributed by atoms with Crippen LogP contribution in [0.15, 0.2) is 36.4 Å². The summed E-state index contributed by atoms with van der Waals surface area (Å²) in [6, 6.07) is 6.70. The van der Waals surface area contributed by atoms with Gasteiger partial charge in [0, 0.05) is 17.2 Å². The topological polar surface area (TPSA) is 113 Å². The summed E-state index contributed by atoms with van der Waals surface area (Å²) in [6.45, 7) is 0. The Morgan fingerprint density at radius 3 is 2.30 bits per heavy atom. The van der Waals surface area contributed by atoms with E-state index in [9.17, 15) is 25.0 Å². The van der Waals surface area contributed by atoms with Crippen molar-refractivity contribution in [2.45, 2.75) is 0 Å². The molecule has 0 aliphatic carbocycles. The van der Waals surface area contributed by atoms with Gasteiger partial charge >= 0.3 is 5.97 Å². The molecule has 0 saturated carbocycles. The minimum absolute atomic E-state index is 0.0762. The highest BCUT2D eigenvalue weighted by atomic mass is 35.5. The fourth-order valence-electron chi connectivity index (χ4n) is 1.67. The number of rotatable bonds is 4. The molecule has 0 unspecified atom stereocenters. The number of esters is 1. The Kier molecular flexibility index (Phi) is 4.77. The van der Waals surface area contributed by atoms with Crippen LogP contribution in [0.4, 0.5) is 11.4 Å². The van der Waals surface area contributed by atoms with Gasteiger partial charge in [0.25, 0.3) is 11.4 Å². The van der Waals surface area contributed by atoms with E-state index < -0.39 is 32.8 Å². The molecule has 0 radical (unpaired) electrons. The number of nitrogens with zero attached hydrogens (tertiary/aromatic N) is 2. The number of nitro benzene ring substituents is 2. The number of hydrogen-bond donors (Lipinski definition) is 0. The zero-order valence-electron chi connectivity index (χ0n) is 11.1. The minimum atomic E-state index is -1.09. The highest BCUT2D eigenvalue weighted by Gasteiger charge is 2.26. The summed E-state index contributed by atoms with van der Waals surface area (Å²) >= 11 is 11.6. The first-order valence-corrected chi connectivity index (χ1v) is 6.65. The Labute approximate surface area is 138 Å². The lowest BCUT2D eigenvalue weighted by Crippen LogP contribution is -2.11. The molecule has 0 heterocycles. The molecule has 0 bridgehead atoms. The number of carbonyl (C=O) groups excluding carboxylic acids is 1. The fourth-order valence-corrected chi connectivity index (χ4v) is 1.99. The van der Waals surface area contributed by atoms with Gasteiger partial charge in [-0.05, 0) is 18.2 Å². The number of ether oxygens (including phenoxy) is 1. The van der Waals surface area contributed by atoms with Gasteiger partial charge in [0.05, 0.1) is 20.9 Å². The summed E-state index contributed by atoms with van der Waals surface area (Å²) in [6.07, 6.45) is 0. The fraction of sp³-hybridized carbons (Fsp3) is 0. The highest BCUT2D eigenvalue weighted by molar-refractivity contribution is 6.34. The standard InChI is InChI=1S/C13H6Cl2N2O6/c14-7-1-4-10(15)12(5-7)23-13(18)9-3-2-8(16(19)20)6-11(9)17(21)22/h1-6H. The molecule has 0 fully saturated rings. The predicted octanol–water partition coefficient (Wildman–Crippen LogP) is 4.03. The van der Waals surface area contributed by atoms with Crippen LogP contribution in [0, 0.1) is 20.2 Å². The lowest BCUT2D eigenvalue weighted by atomic mass is 10.1. The van der Waals surface area contributed by atoms with E-state index in [4.69, 9.17) is 27.9 Å². The summed E-state index contributed by atoms with van der Waals surface area (Å²) in [5, 5.41) is 22.0. The first-order valence-electron chi connectivity index (χ1n) is 5.89. The first kappa shape index (κ1) is 16.7. The average Bonchev–Trinajstić information content (AvgIpc) is 2.50. The molecule has 0 saturated heterocycles. The van der Waals surface area contributed by atoms with Crippen molar-refractivity contribution in [2.75, 3.05) is 0 Å². The molecular weight excluding hydrogens is 351 g/mol. The average molecular weight is 357 g/mol. The third-order valence-electron chi connectivity index (χ3n) is 2.70. The molecule has 0 N–H and O–H groups in total. The van der Waals surface area contributed by atoms with Crippen LogP contribution in [0.1, 0.15) is 10.4 Å². The van der Waals surface area contributed by atoms with Crippen LogP contribution in [-0.4, -0.2) is 15.8 Å². The molecule has 0 aromatic heterocycles. The van der Waals surface area contributed by atoms with Crippen LogP contribution in [-0.2, 0) is 0 Å². The van der Waals surface area contributed by atoms with E-state index in [0.29, 0.717) is 6.07 Å². The predicted molar refractivity (Wildman–Crippen MR) is 81.2 cm³/mol. The molecular formula is C13H6Cl2N2O6. The Morgan fingerprint density at radius 2 is 1.70 bits per heavy atom. The molecule has 2 aromatic carbocycles. The number of benzene rings is 2. The van der Waals surface area contributed by atoms with Crippen molar-refractivity contribution >= 4 is 40.5 Å². The van der Waals surface area contributed by atoms with Gasteiger partial charge in [-0.15, -0.1) is 0 Å². The van der Waals surface area contributed by atoms with Crippen LogP contribution >= 0.6 is 23.2 Å². The highest BCUT2D eigenvalue weighted by Crippen LogP contribution is 2.30. The van der Waals surface area contributed by atoms with Gasteiger partial charge in [0.15, 0.2) is 5.75 Å². The van der Waals surface area contributed by atoms with E-state index in [-0.39, 0.29) is 15.8 Å². The monoisotopic (exact) mass is 356 g/mol. The van der Waals surface area contributed by atoms with Gasteiger partial charge < -0.3 is 4.74 Å². The van der Waals surface area contributed by atoms with Crippen LogP contribution in [0.5, 0.6) is 5.75 Å². The SMILES string of the molecule is O=C(Oc1cc(Cl)ccc1Cl)c1ccc([N+](=O)[O-])cc1[N+](=O)[O-]. The third-order valence-corrected chi connectivity index (χ3v) is 3.25. The molecule has 0 aliphatic heterocycles. The maximum Gasteiger partial charge on any atom is 0.350 e. The van der Waals surface area contributed by atoms with Crippen LogP contribution in [0.25, 0.3) is 0 Å². The molecule has 2 aromatic rings. The number of nitro groups is 2. The zero-order chi connectivity index (χ0) is 17.1. The van der Waals surface area contributed by atoms with Gasteiger partial charge in [-0.1, -0.05) is 23.2 Å². The second-order valence-corrected chi connectivity index (χ2v) is 5.02. The first-order chi connectivity index (χ1) is 10.8. The molecule has 8 nitrogen and oxygen atoms in total. The second-order valence-electron chi connectivity index (χ2n) is 4.18. The summed E-state index contributed by atoms with van der Waals surface area (Å²) in [5.74, 6) is -1.17. The molecule has 2 rings (SSSR count). The maximum absolute atomic E-state index is 12.1. The van der Waals surface area contributed by atoms with E-state index in [2.05, 4.69) is 0 Å². The van der Waals surface area contributed by atoms with Gasteiger partial charge in [0.2, 0.25) is 0 Å². The van der Waals surface area contributed by atoms with Crippen molar-refractivity contribution < 1.29 is 19.4 Å². The molecule has 118 valence electrons. The summed E-state index contributed by atoms with van der Waals surface area (Å²) < 4.78 is 4.97. The molecule has 0 aliphatic rings. The molecule has 0 spiro atoms. The largest absolute Gasteiger partial charge is 0.421 e. The zero-order valence-corrected chi connectivity index (χ0v) is 12.6. The van der Waals surface area contributed by atoms with E-state index in [0.717, 1.165) is 12.1 Å². The smallest absolute Gasteiger partial charge is 0.350 e. The van der Waals surface area contributed by atoms with Crippen molar-refractivity contribution in [3.63, 3.8) is 0 Å². The Morgan fingerprint density at radius 1 is 1.00 bits per heavy atom. The van der Waals surface area contributed by atoms with Crippen LogP contribution in [0.2, 0.25) is 10.0 Å². The van der Waals surface area contributed by atoms with Crippen molar-refractivity contribution in [1.82, 2.24) is 0 Å². The number of hydrogen-bond acceptors (Lipinski definition) is 6. The number of halogens is 2. The summed E-state index contributed by atoms with van der Waals surface area (Å²) in [7, 11) is 0. The van der Waals surface area contributed by atoms with Crippen molar-refractivity contribution in [1.29, 1.82) is 0 Å². The quantitative estimate of drug-likeness (QED) is 0.353.